The molecule has 3 amide bonds. The van der Waals surface area contributed by atoms with E-state index in [0.29, 0.717) is 6.42 Å². The van der Waals surface area contributed by atoms with Crippen molar-refractivity contribution in [2.24, 2.45) is 0 Å². The van der Waals surface area contributed by atoms with Crippen LogP contribution in [-0.2, 0) is 35.1 Å². The lowest BCUT2D eigenvalue weighted by Gasteiger charge is -2.17. The number of hydrogen-bond donors (Lipinski definition) is 4. The predicted octanol–water partition coefficient (Wildman–Crippen LogP) is -0.192. The topological polar surface area (TPSA) is 158 Å². The molecule has 1 heterocycles. The number of ether oxygens (including phenoxy) is 1. The van der Waals surface area contributed by atoms with E-state index in [-0.39, 0.29) is 18.9 Å². The first-order valence-electron chi connectivity index (χ1n) is 9.90. The summed E-state index contributed by atoms with van der Waals surface area (Å²) >= 11 is 0. The van der Waals surface area contributed by atoms with Crippen LogP contribution in [0.2, 0.25) is 0 Å². The minimum Gasteiger partial charge on any atom is -0.480 e. The Hall–Kier alpha value is -3.89. The lowest BCUT2D eigenvalue weighted by atomic mass is 10.1. The maximum Gasteiger partial charge on any atom is 0.326 e. The zero-order valence-electron chi connectivity index (χ0n) is 17.8. The average molecular weight is 446 g/mol. The number of aromatic amines is 1. The Morgan fingerprint density at radius 2 is 1.88 bits per heavy atom. The summed E-state index contributed by atoms with van der Waals surface area (Å²) < 4.78 is 4.72. The first-order chi connectivity index (χ1) is 15.2. The molecule has 0 aliphatic heterocycles. The monoisotopic (exact) mass is 446 g/mol. The number of benzene rings is 1. The van der Waals surface area contributed by atoms with Crippen LogP contribution in [-0.4, -0.2) is 77.4 Å². The van der Waals surface area contributed by atoms with Crippen molar-refractivity contribution in [2.45, 2.75) is 25.8 Å². The minimum atomic E-state index is -1.22. The van der Waals surface area contributed by atoms with Gasteiger partial charge in [-0.25, -0.2) is 0 Å². The van der Waals surface area contributed by atoms with Gasteiger partial charge in [-0.3, -0.25) is 24.0 Å². The third kappa shape index (κ3) is 7.42. The number of nitrogens with one attached hydrogen (secondary N) is 3. The van der Waals surface area contributed by atoms with E-state index in [4.69, 9.17) is 9.84 Å². The molecule has 2 aromatic rings. The third-order valence-corrected chi connectivity index (χ3v) is 4.64. The van der Waals surface area contributed by atoms with E-state index in [1.807, 2.05) is 30.5 Å². The molecule has 11 nitrogen and oxygen atoms in total. The number of aromatic nitrogens is 1. The van der Waals surface area contributed by atoms with Gasteiger partial charge >= 0.3 is 11.9 Å². The highest BCUT2D eigenvalue weighted by Gasteiger charge is 2.18. The molecular weight excluding hydrogens is 420 g/mol. The van der Waals surface area contributed by atoms with E-state index in [0.717, 1.165) is 21.4 Å². The van der Waals surface area contributed by atoms with Crippen molar-refractivity contribution in [1.29, 1.82) is 0 Å². The van der Waals surface area contributed by atoms with Gasteiger partial charge in [0.05, 0.1) is 6.54 Å². The van der Waals surface area contributed by atoms with Crippen molar-refractivity contribution >= 4 is 40.6 Å². The van der Waals surface area contributed by atoms with E-state index >= 15 is 0 Å². The van der Waals surface area contributed by atoms with Crippen LogP contribution in [0.1, 0.15) is 18.9 Å². The van der Waals surface area contributed by atoms with Gasteiger partial charge in [-0.2, -0.15) is 0 Å². The van der Waals surface area contributed by atoms with E-state index in [9.17, 15) is 24.0 Å². The molecule has 1 atom stereocenters. The van der Waals surface area contributed by atoms with E-state index in [1.54, 1.807) is 0 Å². The summed E-state index contributed by atoms with van der Waals surface area (Å²) in [7, 11) is 1.36. The Kier molecular flexibility index (Phi) is 8.75. The smallest absolute Gasteiger partial charge is 0.326 e. The molecule has 4 N–H and O–H groups in total. The number of carbonyl (C=O) groups is 5. The quantitative estimate of drug-likeness (QED) is 0.348. The molecule has 11 heteroatoms. The van der Waals surface area contributed by atoms with E-state index in [1.165, 1.54) is 14.0 Å². The van der Waals surface area contributed by atoms with Gasteiger partial charge in [0.25, 0.3) is 5.91 Å². The maximum absolute atomic E-state index is 12.1. The molecule has 0 bridgehead atoms. The van der Waals surface area contributed by atoms with E-state index < -0.39 is 42.9 Å². The fourth-order valence-electron chi connectivity index (χ4n) is 2.80. The van der Waals surface area contributed by atoms with Gasteiger partial charge < -0.3 is 30.4 Å². The molecule has 32 heavy (non-hydrogen) atoms. The Bertz CT molecular complexity index is 1000. The highest BCUT2D eigenvalue weighted by molar-refractivity contribution is 5.89. The van der Waals surface area contributed by atoms with Gasteiger partial charge in [-0.1, -0.05) is 18.2 Å². The van der Waals surface area contributed by atoms with Crippen molar-refractivity contribution in [3.63, 3.8) is 0 Å². The molecule has 0 fully saturated rings. The number of rotatable bonds is 11. The number of nitrogens with zero attached hydrogens (tertiary/aromatic N) is 1. The lowest BCUT2D eigenvalue weighted by molar-refractivity contribution is -0.152. The van der Waals surface area contributed by atoms with Crippen LogP contribution in [0.5, 0.6) is 0 Å². The number of amides is 3. The number of esters is 1. The molecule has 0 saturated carbocycles. The highest BCUT2D eigenvalue weighted by atomic mass is 16.5. The average Bonchev–Trinajstić information content (AvgIpc) is 3.17. The number of likely N-dealkylation sites (N-methyl/N-ethyl adjacent to an activating group) is 1. The summed E-state index contributed by atoms with van der Waals surface area (Å²) in [6.45, 7) is -0.106. The standard InChI is InChI=1S/C21H26N4O7/c1-13(21(30)31)24-18(27)12-32-20(29)11-25(2)19(28)10-23-17(26)8-7-14-9-22-16-6-4-3-5-15(14)16/h3-6,9,13,22H,7-8,10-12H2,1-2H3,(H,23,26)(H,24,27)(H,30,31)/t13-/m0/s1. The number of H-pyrrole nitrogens is 1. The van der Waals surface area contributed by atoms with Crippen molar-refractivity contribution in [2.75, 3.05) is 26.7 Å². The first kappa shape index (κ1) is 24.4. The number of fused-ring (bicyclic) bond motifs is 1. The molecule has 0 aliphatic carbocycles. The fourth-order valence-corrected chi connectivity index (χ4v) is 2.80. The van der Waals surface area contributed by atoms with Crippen molar-refractivity contribution < 1.29 is 33.8 Å². The second-order valence-corrected chi connectivity index (χ2v) is 7.17. The summed E-state index contributed by atoms with van der Waals surface area (Å²) in [5, 5.41) is 14.4. The molecular formula is C21H26N4O7. The summed E-state index contributed by atoms with van der Waals surface area (Å²) in [4.78, 5) is 62.3. The molecule has 172 valence electrons. The van der Waals surface area contributed by atoms with Gasteiger partial charge in [0.2, 0.25) is 11.8 Å². The molecule has 1 aromatic heterocycles. The van der Waals surface area contributed by atoms with Crippen LogP contribution in [0.4, 0.5) is 0 Å². The number of aliphatic carboxylic acids is 1. The zero-order chi connectivity index (χ0) is 23.7. The number of aryl methyl sites for hydroxylation is 1. The van der Waals surface area contributed by atoms with Gasteiger partial charge in [0.1, 0.15) is 12.6 Å². The van der Waals surface area contributed by atoms with Gasteiger partial charge in [0, 0.05) is 30.6 Å². The van der Waals surface area contributed by atoms with Crippen molar-refractivity contribution in [1.82, 2.24) is 20.5 Å². The summed E-state index contributed by atoms with van der Waals surface area (Å²) in [6, 6.07) is 6.63. The van der Waals surface area contributed by atoms with Gasteiger partial charge in [0.15, 0.2) is 6.61 Å². The van der Waals surface area contributed by atoms with Crippen LogP contribution >= 0.6 is 0 Å². The van der Waals surface area contributed by atoms with E-state index in [2.05, 4.69) is 15.6 Å². The highest BCUT2D eigenvalue weighted by Crippen LogP contribution is 2.18. The second-order valence-electron chi connectivity index (χ2n) is 7.17. The Morgan fingerprint density at radius 3 is 2.59 bits per heavy atom. The van der Waals surface area contributed by atoms with Crippen LogP contribution < -0.4 is 10.6 Å². The summed E-state index contributed by atoms with van der Waals surface area (Å²) in [6.07, 6.45) is 2.56. The Morgan fingerprint density at radius 1 is 1.16 bits per heavy atom. The maximum atomic E-state index is 12.1. The van der Waals surface area contributed by atoms with Gasteiger partial charge in [-0.05, 0) is 25.0 Å². The molecule has 0 saturated heterocycles. The Labute approximate surface area is 184 Å². The molecule has 0 aliphatic rings. The molecule has 2 rings (SSSR count). The first-order valence-corrected chi connectivity index (χ1v) is 9.90. The van der Waals surface area contributed by atoms with Crippen molar-refractivity contribution in [3.8, 4) is 0 Å². The number of hydrogen-bond acceptors (Lipinski definition) is 6. The van der Waals surface area contributed by atoms with Crippen LogP contribution in [0.3, 0.4) is 0 Å². The Balaban J connectivity index is 1.67. The number of para-hydroxylation sites is 1. The molecule has 0 unspecified atom stereocenters. The fraction of sp³-hybridized carbons (Fsp3) is 0.381. The SMILES string of the molecule is C[C@H](NC(=O)COC(=O)CN(C)C(=O)CNC(=O)CCc1c[nH]c2ccccc12)C(=O)O. The summed E-state index contributed by atoms with van der Waals surface area (Å²) in [5.74, 6) is -3.65. The lowest BCUT2D eigenvalue weighted by Crippen LogP contribution is -2.42. The molecule has 0 spiro atoms. The number of carboxylic acid groups (broad SMARTS) is 1. The van der Waals surface area contributed by atoms with Gasteiger partial charge in [-0.15, -0.1) is 0 Å². The minimum absolute atomic E-state index is 0.199. The zero-order valence-corrected chi connectivity index (χ0v) is 17.8. The van der Waals surface area contributed by atoms with Crippen LogP contribution in [0, 0.1) is 0 Å². The largest absolute Gasteiger partial charge is 0.480 e. The van der Waals surface area contributed by atoms with Crippen LogP contribution in [0.25, 0.3) is 10.9 Å². The predicted molar refractivity (Wildman–Crippen MR) is 113 cm³/mol. The summed E-state index contributed by atoms with van der Waals surface area (Å²) in [5.41, 5.74) is 1.99. The second kappa shape index (κ2) is 11.5. The third-order valence-electron chi connectivity index (χ3n) is 4.64. The number of carboxylic acids is 1. The number of carbonyl (C=O) groups excluding carboxylic acids is 4. The normalized spacial score (nSPS) is 11.4. The van der Waals surface area contributed by atoms with Crippen LogP contribution in [0.15, 0.2) is 30.5 Å². The molecule has 0 radical (unpaired) electrons. The molecule has 1 aromatic carbocycles. The van der Waals surface area contributed by atoms with Crippen molar-refractivity contribution in [3.05, 3.63) is 36.0 Å².